The molecule has 0 bridgehead atoms. The van der Waals surface area contributed by atoms with Gasteiger partial charge in [0.2, 0.25) is 0 Å². The highest BCUT2D eigenvalue weighted by Gasteiger charge is 2.36. The molecule has 25 heavy (non-hydrogen) atoms. The highest BCUT2D eigenvalue weighted by molar-refractivity contribution is 6.74. The van der Waals surface area contributed by atoms with Crippen molar-refractivity contribution < 1.29 is 4.43 Å². The van der Waals surface area contributed by atoms with Crippen LogP contribution < -0.4 is 0 Å². The molecule has 0 atom stereocenters. The van der Waals surface area contributed by atoms with Gasteiger partial charge in [0.1, 0.15) is 0 Å². The zero-order valence-electron chi connectivity index (χ0n) is 18.6. The summed E-state index contributed by atoms with van der Waals surface area (Å²) in [5.41, 5.74) is 0. The van der Waals surface area contributed by atoms with Crippen molar-refractivity contribution in [3.8, 4) is 0 Å². The van der Waals surface area contributed by atoms with E-state index in [4.69, 9.17) is 4.43 Å². The molecule has 1 nitrogen and oxygen atoms in total. The molecule has 0 aliphatic carbocycles. The van der Waals surface area contributed by atoms with Crippen LogP contribution in [0.1, 0.15) is 93.4 Å². The predicted octanol–water partition coefficient (Wildman–Crippen LogP) is 8.22. The second-order valence-electron chi connectivity index (χ2n) is 9.32. The van der Waals surface area contributed by atoms with E-state index >= 15 is 0 Å². The summed E-state index contributed by atoms with van der Waals surface area (Å²) in [5, 5.41) is 0. The van der Waals surface area contributed by atoms with Gasteiger partial charge in [0, 0.05) is 0 Å². The molecule has 0 aliphatic rings. The zero-order chi connectivity index (χ0) is 19.1. The largest absolute Gasteiger partial charge is 0.413 e. The molecule has 0 saturated carbocycles. The van der Waals surface area contributed by atoms with Crippen molar-refractivity contribution in [2.75, 3.05) is 6.61 Å². The summed E-state index contributed by atoms with van der Waals surface area (Å²) in [7, 11) is -1.63. The number of allylic oxidation sites excluding steroid dienone is 1. The van der Waals surface area contributed by atoms with Crippen molar-refractivity contribution >= 4 is 8.32 Å². The lowest BCUT2D eigenvalue weighted by atomic mass is 10.1. The molecule has 0 fully saturated rings. The van der Waals surface area contributed by atoms with Gasteiger partial charge in [-0.25, -0.2) is 0 Å². The fourth-order valence-corrected chi connectivity index (χ4v) is 9.88. The summed E-state index contributed by atoms with van der Waals surface area (Å²) in [6.45, 7) is 17.3. The van der Waals surface area contributed by atoms with E-state index in [0.29, 0.717) is 0 Å². The normalized spacial score (nSPS) is 13.0. The predicted molar refractivity (Wildman–Crippen MR) is 118 cm³/mol. The molecule has 0 N–H and O–H groups in total. The Labute approximate surface area is 161 Å². The zero-order valence-corrected chi connectivity index (χ0v) is 19.6. The van der Waals surface area contributed by atoms with Crippen LogP contribution in [0.2, 0.25) is 18.1 Å². The van der Waals surface area contributed by atoms with Gasteiger partial charge in [-0.05, 0) is 48.7 Å². The molecular weight excluding hydrogens is 320 g/mol. The first-order valence-corrected chi connectivity index (χ1v) is 13.6. The first-order valence-electron chi connectivity index (χ1n) is 11.1. The standard InChI is InChI=1S/C23H48OSi/c1-8-9-10-11-12-13-14-15-16-17-24-25(18-21(2)3,19-22(4)5)20-23(6)7/h15-16,21-23H,8-14,17-20H2,1-7H3/b16-15+. The Hall–Kier alpha value is -0.0831. The Morgan fingerprint density at radius 3 is 1.64 bits per heavy atom. The third-order valence-corrected chi connectivity index (χ3v) is 10.2. The molecule has 150 valence electrons. The van der Waals surface area contributed by atoms with E-state index in [2.05, 4.69) is 60.6 Å². The van der Waals surface area contributed by atoms with E-state index in [1.165, 1.54) is 63.1 Å². The van der Waals surface area contributed by atoms with Gasteiger partial charge < -0.3 is 4.43 Å². The maximum Gasteiger partial charge on any atom is 0.194 e. The van der Waals surface area contributed by atoms with Crippen LogP contribution in [0, 0.1) is 17.8 Å². The van der Waals surface area contributed by atoms with Crippen LogP contribution in [0.5, 0.6) is 0 Å². The molecule has 0 amide bonds. The molecule has 0 heterocycles. The molecule has 0 aromatic heterocycles. The van der Waals surface area contributed by atoms with Crippen LogP contribution in [0.3, 0.4) is 0 Å². The molecule has 0 spiro atoms. The molecule has 0 aromatic carbocycles. The van der Waals surface area contributed by atoms with Gasteiger partial charge in [-0.1, -0.05) is 92.7 Å². The molecule has 0 aliphatic heterocycles. The molecule has 0 saturated heterocycles. The lowest BCUT2D eigenvalue weighted by Crippen LogP contribution is -2.42. The van der Waals surface area contributed by atoms with Gasteiger partial charge in [0.25, 0.3) is 0 Å². The van der Waals surface area contributed by atoms with Crippen molar-refractivity contribution in [1.29, 1.82) is 0 Å². The van der Waals surface area contributed by atoms with E-state index < -0.39 is 8.32 Å². The lowest BCUT2D eigenvalue weighted by molar-refractivity contribution is 0.322. The summed E-state index contributed by atoms with van der Waals surface area (Å²) in [5.74, 6) is 2.24. The van der Waals surface area contributed by atoms with Crippen LogP contribution in [-0.4, -0.2) is 14.9 Å². The lowest BCUT2D eigenvalue weighted by Gasteiger charge is -2.35. The van der Waals surface area contributed by atoms with Crippen LogP contribution in [0.15, 0.2) is 12.2 Å². The Bertz CT molecular complexity index is 294. The Balaban J connectivity index is 4.33. The fraction of sp³-hybridized carbons (Fsp3) is 0.913. The average Bonchev–Trinajstić information content (AvgIpc) is 2.47. The minimum atomic E-state index is -1.63. The van der Waals surface area contributed by atoms with E-state index in [1.807, 2.05) is 0 Å². The van der Waals surface area contributed by atoms with Crippen molar-refractivity contribution in [2.24, 2.45) is 17.8 Å². The number of unbranched alkanes of at least 4 members (excludes halogenated alkanes) is 6. The van der Waals surface area contributed by atoms with Gasteiger partial charge in [0.15, 0.2) is 8.32 Å². The van der Waals surface area contributed by atoms with Gasteiger partial charge in [0.05, 0.1) is 6.61 Å². The Morgan fingerprint density at radius 2 is 1.16 bits per heavy atom. The number of hydrogen-bond acceptors (Lipinski definition) is 1. The average molecular weight is 369 g/mol. The molecule has 0 radical (unpaired) electrons. The topological polar surface area (TPSA) is 9.23 Å². The van der Waals surface area contributed by atoms with Crippen LogP contribution in [0.4, 0.5) is 0 Å². The number of rotatable bonds is 16. The summed E-state index contributed by atoms with van der Waals surface area (Å²) < 4.78 is 6.67. The van der Waals surface area contributed by atoms with Crippen molar-refractivity contribution in [3.05, 3.63) is 12.2 Å². The second-order valence-corrected chi connectivity index (χ2v) is 13.2. The van der Waals surface area contributed by atoms with Crippen LogP contribution in [-0.2, 0) is 4.43 Å². The molecule has 0 aromatic rings. The molecule has 2 heteroatoms. The van der Waals surface area contributed by atoms with Crippen LogP contribution in [0.25, 0.3) is 0 Å². The molecular formula is C23H48OSi. The van der Waals surface area contributed by atoms with Gasteiger partial charge in [-0.15, -0.1) is 0 Å². The minimum absolute atomic E-state index is 0.747. The van der Waals surface area contributed by atoms with Crippen molar-refractivity contribution in [2.45, 2.75) is 112 Å². The second kappa shape index (κ2) is 15.0. The number of hydrogen-bond donors (Lipinski definition) is 0. The van der Waals surface area contributed by atoms with E-state index in [0.717, 1.165) is 24.4 Å². The van der Waals surface area contributed by atoms with Gasteiger partial charge in [-0.3, -0.25) is 0 Å². The first-order chi connectivity index (χ1) is 11.8. The van der Waals surface area contributed by atoms with Crippen molar-refractivity contribution in [1.82, 2.24) is 0 Å². The van der Waals surface area contributed by atoms with Crippen molar-refractivity contribution in [3.63, 3.8) is 0 Å². The summed E-state index contributed by atoms with van der Waals surface area (Å²) in [6, 6.07) is 3.94. The SMILES string of the molecule is CCCCCCCC/C=C/CO[Si](CC(C)C)(CC(C)C)CC(C)C. The highest BCUT2D eigenvalue weighted by atomic mass is 28.4. The van der Waals surface area contributed by atoms with E-state index in [9.17, 15) is 0 Å². The Morgan fingerprint density at radius 1 is 0.680 bits per heavy atom. The van der Waals surface area contributed by atoms with Crippen LogP contribution >= 0.6 is 0 Å². The minimum Gasteiger partial charge on any atom is -0.413 e. The quantitative estimate of drug-likeness (QED) is 0.151. The maximum atomic E-state index is 6.67. The Kier molecular flexibility index (Phi) is 15.0. The molecule has 0 unspecified atom stereocenters. The summed E-state index contributed by atoms with van der Waals surface area (Å²) in [4.78, 5) is 0. The third-order valence-electron chi connectivity index (χ3n) is 4.72. The maximum absolute atomic E-state index is 6.67. The highest BCUT2D eigenvalue weighted by Crippen LogP contribution is 2.33. The smallest absolute Gasteiger partial charge is 0.194 e. The first kappa shape index (κ1) is 24.9. The van der Waals surface area contributed by atoms with Gasteiger partial charge in [-0.2, -0.15) is 0 Å². The molecule has 0 rings (SSSR count). The summed E-state index contributed by atoms with van der Waals surface area (Å²) in [6.07, 6.45) is 14.2. The monoisotopic (exact) mass is 368 g/mol. The van der Waals surface area contributed by atoms with E-state index in [1.54, 1.807) is 0 Å². The fourth-order valence-electron chi connectivity index (χ4n) is 4.11. The van der Waals surface area contributed by atoms with Gasteiger partial charge >= 0.3 is 0 Å². The summed E-state index contributed by atoms with van der Waals surface area (Å²) >= 11 is 0. The third kappa shape index (κ3) is 14.7. The van der Waals surface area contributed by atoms with E-state index in [-0.39, 0.29) is 0 Å².